The van der Waals surface area contributed by atoms with E-state index in [0.29, 0.717) is 5.04 Å². The zero-order valence-electron chi connectivity index (χ0n) is 6.82. The molecule has 0 aliphatic carbocycles. The Morgan fingerprint density at radius 1 is 1.22 bits per heavy atom. The van der Waals surface area contributed by atoms with Gasteiger partial charge in [0.15, 0.2) is 0 Å². The highest BCUT2D eigenvalue weighted by molar-refractivity contribution is 7.00. The Bertz CT molecular complexity index is 108. The minimum absolute atomic E-state index is 0.0448. The van der Waals surface area contributed by atoms with Crippen molar-refractivity contribution in [2.75, 3.05) is 0 Å². The fraction of sp³-hybridized carbons (Fsp3) is 1.00. The van der Waals surface area contributed by atoms with E-state index in [1.165, 1.54) is 0 Å². The molecule has 0 saturated carbocycles. The van der Waals surface area contributed by atoms with Crippen LogP contribution in [0.1, 0.15) is 27.7 Å². The van der Waals surface area contributed by atoms with Crippen molar-refractivity contribution in [2.45, 2.75) is 38.3 Å². The summed E-state index contributed by atoms with van der Waals surface area (Å²) in [7, 11) is 1.11. The predicted molar refractivity (Wildman–Crippen MR) is 44.9 cm³/mol. The van der Waals surface area contributed by atoms with Crippen molar-refractivity contribution >= 4 is 16.5 Å². The van der Waals surface area contributed by atoms with Gasteiger partial charge in [0.05, 0.1) is 0 Å². The van der Waals surface area contributed by atoms with Gasteiger partial charge in [-0.1, -0.05) is 13.8 Å². The van der Waals surface area contributed by atoms with Crippen molar-refractivity contribution in [3.05, 3.63) is 0 Å². The fourth-order valence-corrected chi connectivity index (χ4v) is 2.88. The van der Waals surface area contributed by atoms with Crippen LogP contribution in [0, 0.1) is 0 Å². The molecule has 0 bridgehead atoms. The lowest BCUT2D eigenvalue weighted by atomic mass is 9.93. The van der Waals surface area contributed by atoms with Crippen LogP contribution in [0.15, 0.2) is 0 Å². The lowest BCUT2D eigenvalue weighted by Gasteiger charge is -2.34. The van der Waals surface area contributed by atoms with Crippen LogP contribution in [0.5, 0.6) is 0 Å². The van der Waals surface area contributed by atoms with Crippen LogP contribution in [-0.4, -0.2) is 22.1 Å². The molecule has 3 heteroatoms. The first-order chi connectivity index (χ1) is 3.96. The fourth-order valence-electron chi connectivity index (χ4n) is 1.06. The quantitative estimate of drug-likeness (QED) is 0.445. The maximum Gasteiger partial charge on any atom is 0.256 e. The monoisotopic (exact) mass is 142 g/mol. The average Bonchev–Trinajstić information content (AvgIpc) is 1.81. The molecule has 1 rings (SSSR count). The van der Waals surface area contributed by atoms with E-state index < -0.39 is 0 Å². The molecule has 0 amide bonds. The Kier molecular flexibility index (Phi) is 1.52. The second-order valence-corrected chi connectivity index (χ2v) is 6.67. The third-order valence-electron chi connectivity index (χ3n) is 2.82. The Morgan fingerprint density at radius 3 is 1.89 bits per heavy atom. The zero-order valence-corrected chi connectivity index (χ0v) is 8.24. The molecule has 1 fully saturated rings. The molecule has 52 valence electrons. The van der Waals surface area contributed by atoms with E-state index in [0.717, 1.165) is 7.07 Å². The highest BCUT2D eigenvalue weighted by Crippen LogP contribution is 2.42. The molecule has 0 aromatic heterocycles. The van der Waals surface area contributed by atoms with Crippen molar-refractivity contribution in [1.29, 1.82) is 0 Å². The topological polar surface area (TPSA) is 9.23 Å². The Labute approximate surface area is 60.2 Å². The molecule has 0 unspecified atom stereocenters. The smallest absolute Gasteiger partial charge is 0.256 e. The molecular weight excluding hydrogens is 127 g/mol. The normalized spacial score (nSPS) is 32.4. The first kappa shape index (κ1) is 7.35. The van der Waals surface area contributed by atoms with Gasteiger partial charge in [0.1, 0.15) is 0 Å². The summed E-state index contributed by atoms with van der Waals surface area (Å²) in [5, 5.41) is 0.507. The van der Waals surface area contributed by atoms with E-state index in [2.05, 4.69) is 27.7 Å². The molecule has 0 radical (unpaired) electrons. The molecule has 0 atom stereocenters. The Hall–Kier alpha value is 0.242. The van der Waals surface area contributed by atoms with Gasteiger partial charge in [-0.3, -0.25) is 0 Å². The first-order valence-corrected chi connectivity index (χ1v) is 5.30. The molecule has 1 heterocycles. The lowest BCUT2D eigenvalue weighted by molar-refractivity contribution is 0.0917. The maximum atomic E-state index is 5.62. The largest absolute Gasteiger partial charge is 0.439 e. The van der Waals surface area contributed by atoms with Crippen molar-refractivity contribution < 1.29 is 4.65 Å². The minimum atomic E-state index is 0.0448. The molecular formula is C6H15BOSi. The number of hydrogen-bond donors (Lipinski definition) is 0. The van der Waals surface area contributed by atoms with E-state index >= 15 is 0 Å². The SMILES string of the molecule is CC1(C)OB[SiH2]C1(C)C. The van der Waals surface area contributed by atoms with Crippen LogP contribution in [-0.2, 0) is 4.65 Å². The molecule has 1 aliphatic rings. The van der Waals surface area contributed by atoms with Crippen LogP contribution in [0.4, 0.5) is 0 Å². The van der Waals surface area contributed by atoms with Crippen LogP contribution >= 0.6 is 0 Å². The van der Waals surface area contributed by atoms with Gasteiger partial charge in [0, 0.05) is 15.0 Å². The predicted octanol–water partition coefficient (Wildman–Crippen LogP) is 0.429. The van der Waals surface area contributed by atoms with E-state index in [1.807, 2.05) is 0 Å². The summed E-state index contributed by atoms with van der Waals surface area (Å²) in [4.78, 5) is 0. The van der Waals surface area contributed by atoms with Gasteiger partial charge in [-0.05, 0) is 18.9 Å². The Morgan fingerprint density at radius 2 is 1.78 bits per heavy atom. The summed E-state index contributed by atoms with van der Waals surface area (Å²) in [6.07, 6.45) is 0. The van der Waals surface area contributed by atoms with Crippen molar-refractivity contribution in [1.82, 2.24) is 0 Å². The van der Waals surface area contributed by atoms with E-state index in [1.54, 1.807) is 0 Å². The summed E-state index contributed by atoms with van der Waals surface area (Å²) in [5.41, 5.74) is 0.152. The van der Waals surface area contributed by atoms with Crippen molar-refractivity contribution in [3.8, 4) is 0 Å². The Balaban J connectivity index is 2.75. The molecule has 0 N–H and O–H groups in total. The summed E-state index contributed by atoms with van der Waals surface area (Å²) in [5.74, 6) is 0. The van der Waals surface area contributed by atoms with E-state index in [9.17, 15) is 0 Å². The summed E-state index contributed by atoms with van der Waals surface area (Å²) < 4.78 is 5.62. The first-order valence-electron chi connectivity index (χ1n) is 3.60. The van der Waals surface area contributed by atoms with Gasteiger partial charge in [0.25, 0.3) is 7.07 Å². The van der Waals surface area contributed by atoms with Gasteiger partial charge < -0.3 is 4.65 Å². The van der Waals surface area contributed by atoms with Crippen LogP contribution in [0.25, 0.3) is 0 Å². The molecule has 1 aliphatic heterocycles. The summed E-state index contributed by atoms with van der Waals surface area (Å²) in [6.45, 7) is 9.05. The third-order valence-corrected chi connectivity index (χ3v) is 5.33. The number of rotatable bonds is 0. The highest BCUT2D eigenvalue weighted by Gasteiger charge is 2.42. The molecule has 0 aromatic carbocycles. The standard InChI is InChI=1S/C6H15BOSi/c1-5(2)6(3,4)9-7-8-5/h7H,9H2,1-4H3. The van der Waals surface area contributed by atoms with Crippen LogP contribution in [0.3, 0.4) is 0 Å². The van der Waals surface area contributed by atoms with Crippen LogP contribution < -0.4 is 0 Å². The molecule has 1 saturated heterocycles. The molecule has 0 spiro atoms. The van der Waals surface area contributed by atoms with Gasteiger partial charge in [-0.25, -0.2) is 0 Å². The average molecular weight is 142 g/mol. The maximum absolute atomic E-state index is 5.62. The molecule has 0 aromatic rings. The summed E-state index contributed by atoms with van der Waals surface area (Å²) >= 11 is 0. The van der Waals surface area contributed by atoms with Gasteiger partial charge in [-0.15, -0.1) is 0 Å². The molecule has 1 nitrogen and oxygen atoms in total. The van der Waals surface area contributed by atoms with Crippen molar-refractivity contribution in [3.63, 3.8) is 0 Å². The third kappa shape index (κ3) is 1.08. The van der Waals surface area contributed by atoms with E-state index in [4.69, 9.17) is 4.65 Å². The van der Waals surface area contributed by atoms with Gasteiger partial charge in [-0.2, -0.15) is 0 Å². The minimum Gasteiger partial charge on any atom is -0.439 e. The summed E-state index contributed by atoms with van der Waals surface area (Å²) in [6, 6.07) is 0. The molecule has 9 heavy (non-hydrogen) atoms. The second-order valence-electron chi connectivity index (χ2n) is 3.99. The second kappa shape index (κ2) is 1.86. The van der Waals surface area contributed by atoms with E-state index in [-0.39, 0.29) is 15.0 Å². The van der Waals surface area contributed by atoms with Crippen LogP contribution in [0.2, 0.25) is 5.04 Å². The number of hydrogen-bond acceptors (Lipinski definition) is 1. The highest BCUT2D eigenvalue weighted by atomic mass is 28.2. The van der Waals surface area contributed by atoms with Gasteiger partial charge >= 0.3 is 0 Å². The zero-order chi connectivity index (χ0) is 7.12. The lowest BCUT2D eigenvalue weighted by Crippen LogP contribution is -2.31. The van der Waals surface area contributed by atoms with Gasteiger partial charge in [0.2, 0.25) is 0 Å². The van der Waals surface area contributed by atoms with Crippen molar-refractivity contribution in [2.24, 2.45) is 0 Å².